The summed E-state index contributed by atoms with van der Waals surface area (Å²) in [6.07, 6.45) is 1.50. The highest BCUT2D eigenvalue weighted by Crippen LogP contribution is 2.22. The number of amides is 1. The van der Waals surface area contributed by atoms with Gasteiger partial charge in [-0.25, -0.2) is 4.98 Å². The van der Waals surface area contributed by atoms with Crippen molar-refractivity contribution in [1.82, 2.24) is 15.0 Å². The van der Waals surface area contributed by atoms with Crippen LogP contribution in [0.3, 0.4) is 0 Å². The van der Waals surface area contributed by atoms with Crippen molar-refractivity contribution in [3.8, 4) is 0 Å². The first-order valence-corrected chi connectivity index (χ1v) is 7.01. The molecule has 0 radical (unpaired) electrons. The van der Waals surface area contributed by atoms with Crippen molar-refractivity contribution in [2.24, 2.45) is 0 Å². The van der Waals surface area contributed by atoms with Crippen LogP contribution in [0, 0.1) is 0 Å². The van der Waals surface area contributed by atoms with Gasteiger partial charge in [-0.2, -0.15) is 0 Å². The number of thiazole rings is 1. The molecule has 1 atom stereocenters. The molecule has 0 aromatic carbocycles. The molecule has 0 N–H and O–H groups in total. The molecule has 0 aliphatic rings. The zero-order valence-electron chi connectivity index (χ0n) is 11.5. The second-order valence-corrected chi connectivity index (χ2v) is 5.61. The molecule has 2 heterocycles. The largest absolute Gasteiger partial charge is 0.364 e. The van der Waals surface area contributed by atoms with Gasteiger partial charge in [0.1, 0.15) is 12.0 Å². The number of nitrogens with zero attached hydrogens (tertiary/aromatic N) is 3. The van der Waals surface area contributed by atoms with E-state index in [0.29, 0.717) is 10.9 Å². The first-order chi connectivity index (χ1) is 9.00. The van der Waals surface area contributed by atoms with Crippen molar-refractivity contribution in [2.75, 3.05) is 7.05 Å². The average Bonchev–Trinajstić information content (AvgIpc) is 3.06. The molecule has 19 heavy (non-hydrogen) atoms. The third kappa shape index (κ3) is 2.84. The van der Waals surface area contributed by atoms with Gasteiger partial charge in [0.2, 0.25) is 0 Å². The van der Waals surface area contributed by atoms with Crippen LogP contribution in [-0.4, -0.2) is 28.0 Å². The molecule has 2 rings (SSSR count). The van der Waals surface area contributed by atoms with E-state index in [0.717, 1.165) is 11.4 Å². The molecule has 0 saturated carbocycles. The van der Waals surface area contributed by atoms with Gasteiger partial charge in [-0.3, -0.25) is 4.79 Å². The van der Waals surface area contributed by atoms with E-state index in [1.807, 2.05) is 12.3 Å². The van der Waals surface area contributed by atoms with E-state index in [4.69, 9.17) is 4.52 Å². The second-order valence-electron chi connectivity index (χ2n) is 4.75. The number of carbonyl (C=O) groups excluding carboxylic acids is 1. The Morgan fingerprint density at radius 2 is 2.11 bits per heavy atom. The molecule has 0 bridgehead atoms. The fraction of sp³-hybridized carbons (Fsp3) is 0.462. The highest BCUT2D eigenvalue weighted by atomic mass is 32.1. The van der Waals surface area contributed by atoms with Gasteiger partial charge < -0.3 is 9.42 Å². The summed E-state index contributed by atoms with van der Waals surface area (Å²) >= 11 is 1.38. The molecule has 0 spiro atoms. The van der Waals surface area contributed by atoms with E-state index in [9.17, 15) is 4.79 Å². The lowest BCUT2D eigenvalue weighted by atomic mass is 10.2. The molecular weight excluding hydrogens is 262 g/mol. The van der Waals surface area contributed by atoms with Crippen molar-refractivity contribution in [2.45, 2.75) is 32.7 Å². The maximum atomic E-state index is 12.3. The monoisotopic (exact) mass is 279 g/mol. The van der Waals surface area contributed by atoms with E-state index < -0.39 is 0 Å². The Hall–Kier alpha value is -1.69. The first-order valence-electron chi connectivity index (χ1n) is 6.13. The number of hydrogen-bond acceptors (Lipinski definition) is 5. The topological polar surface area (TPSA) is 59.2 Å². The highest BCUT2D eigenvalue weighted by molar-refractivity contribution is 7.11. The molecule has 0 saturated heterocycles. The minimum Gasteiger partial charge on any atom is -0.364 e. The van der Waals surface area contributed by atoms with Gasteiger partial charge in [0, 0.05) is 18.5 Å². The molecule has 0 fully saturated rings. The number of hydrogen-bond donors (Lipinski definition) is 0. The summed E-state index contributed by atoms with van der Waals surface area (Å²) in [5.41, 5.74) is 1.69. The third-order valence-corrected chi connectivity index (χ3v) is 3.93. The van der Waals surface area contributed by atoms with E-state index >= 15 is 0 Å². The van der Waals surface area contributed by atoms with Crippen molar-refractivity contribution < 1.29 is 9.32 Å². The van der Waals surface area contributed by atoms with Crippen molar-refractivity contribution in [3.63, 3.8) is 0 Å². The minimum atomic E-state index is -0.141. The molecule has 0 aliphatic carbocycles. The summed E-state index contributed by atoms with van der Waals surface area (Å²) in [7, 11) is 1.75. The fourth-order valence-corrected chi connectivity index (χ4v) is 2.57. The quantitative estimate of drug-likeness (QED) is 0.863. The summed E-state index contributed by atoms with van der Waals surface area (Å²) in [4.78, 5) is 18.3. The molecule has 1 unspecified atom stereocenters. The van der Waals surface area contributed by atoms with Crippen molar-refractivity contribution >= 4 is 17.2 Å². The Balaban J connectivity index is 2.14. The standard InChI is InChI=1S/C13H17N3O2S/c1-8(2)11-7-19-12(14-11)13(17)16(4)9(3)10-5-6-18-15-10/h5-9H,1-4H3. The van der Waals surface area contributed by atoms with E-state index in [1.54, 1.807) is 18.0 Å². The summed E-state index contributed by atoms with van der Waals surface area (Å²) in [6.45, 7) is 6.03. The molecular formula is C13H17N3O2S. The van der Waals surface area contributed by atoms with Gasteiger partial charge in [0.25, 0.3) is 5.91 Å². The lowest BCUT2D eigenvalue weighted by Crippen LogP contribution is -2.29. The summed E-state index contributed by atoms with van der Waals surface area (Å²) in [5.74, 6) is 0.239. The maximum absolute atomic E-state index is 12.3. The number of carbonyl (C=O) groups is 1. The lowest BCUT2D eigenvalue weighted by Gasteiger charge is -2.21. The minimum absolute atomic E-state index is 0.0904. The van der Waals surface area contributed by atoms with Crippen LogP contribution in [0.5, 0.6) is 0 Å². The van der Waals surface area contributed by atoms with E-state index in [2.05, 4.69) is 24.0 Å². The second kappa shape index (κ2) is 5.52. The number of aromatic nitrogens is 2. The SMILES string of the molecule is CC(C)c1csc(C(=O)N(C)C(C)c2ccon2)n1. The van der Waals surface area contributed by atoms with Gasteiger partial charge >= 0.3 is 0 Å². The van der Waals surface area contributed by atoms with Crippen LogP contribution in [0.1, 0.15) is 53.9 Å². The Morgan fingerprint density at radius 1 is 1.37 bits per heavy atom. The van der Waals surface area contributed by atoms with Crippen LogP contribution in [0.4, 0.5) is 0 Å². The first kappa shape index (κ1) is 13.7. The predicted molar refractivity (Wildman–Crippen MR) is 73.2 cm³/mol. The third-order valence-electron chi connectivity index (χ3n) is 3.08. The predicted octanol–water partition coefficient (Wildman–Crippen LogP) is 3.09. The molecule has 1 amide bonds. The zero-order chi connectivity index (χ0) is 14.0. The van der Waals surface area contributed by atoms with E-state index in [-0.39, 0.29) is 11.9 Å². The molecule has 2 aromatic heterocycles. The molecule has 0 aliphatic heterocycles. The van der Waals surface area contributed by atoms with Crippen LogP contribution in [0.2, 0.25) is 0 Å². The van der Waals surface area contributed by atoms with Gasteiger partial charge in [-0.1, -0.05) is 19.0 Å². The summed E-state index contributed by atoms with van der Waals surface area (Å²) in [5, 5.41) is 6.31. The van der Waals surface area contributed by atoms with Crippen molar-refractivity contribution in [3.05, 3.63) is 34.1 Å². The normalized spacial score (nSPS) is 12.7. The van der Waals surface area contributed by atoms with Gasteiger partial charge in [0.15, 0.2) is 5.01 Å². The molecule has 6 heteroatoms. The Bertz CT molecular complexity index is 548. The van der Waals surface area contributed by atoms with Gasteiger partial charge in [-0.15, -0.1) is 11.3 Å². The van der Waals surface area contributed by atoms with Crippen molar-refractivity contribution in [1.29, 1.82) is 0 Å². The highest BCUT2D eigenvalue weighted by Gasteiger charge is 2.23. The Kier molecular flexibility index (Phi) is 3.99. The molecule has 2 aromatic rings. The van der Waals surface area contributed by atoms with Crippen LogP contribution in [-0.2, 0) is 0 Å². The Morgan fingerprint density at radius 3 is 2.63 bits per heavy atom. The van der Waals surface area contributed by atoms with Crippen LogP contribution in [0.25, 0.3) is 0 Å². The molecule has 102 valence electrons. The zero-order valence-corrected chi connectivity index (χ0v) is 12.3. The van der Waals surface area contributed by atoms with Crippen LogP contribution in [0.15, 0.2) is 22.2 Å². The summed E-state index contributed by atoms with van der Waals surface area (Å²) < 4.78 is 4.81. The molecule has 5 nitrogen and oxygen atoms in total. The van der Waals surface area contributed by atoms with Crippen LogP contribution >= 0.6 is 11.3 Å². The number of rotatable bonds is 4. The lowest BCUT2D eigenvalue weighted by molar-refractivity contribution is 0.0737. The van der Waals surface area contributed by atoms with E-state index in [1.165, 1.54) is 17.6 Å². The fourth-order valence-electron chi connectivity index (χ4n) is 1.61. The summed E-state index contributed by atoms with van der Waals surface area (Å²) in [6, 6.07) is 1.62. The smallest absolute Gasteiger partial charge is 0.283 e. The average molecular weight is 279 g/mol. The van der Waals surface area contributed by atoms with Gasteiger partial charge in [0.05, 0.1) is 11.7 Å². The van der Waals surface area contributed by atoms with Gasteiger partial charge in [-0.05, 0) is 12.8 Å². The maximum Gasteiger partial charge on any atom is 0.283 e. The van der Waals surface area contributed by atoms with Crippen LogP contribution < -0.4 is 0 Å². The Labute approximate surface area is 116 Å².